The smallest absolute Gasteiger partial charge is 0.270 e. The first kappa shape index (κ1) is 22.1. The Morgan fingerprint density at radius 3 is 2.81 bits per heavy atom. The Morgan fingerprint density at radius 1 is 1.22 bits per heavy atom. The number of carbonyl (C=O) groups excluding carboxylic acids is 1. The molecule has 3 aromatic heterocycles. The van der Waals surface area contributed by atoms with E-state index >= 15 is 0 Å². The summed E-state index contributed by atoms with van der Waals surface area (Å²) >= 11 is 2.75. The van der Waals surface area contributed by atoms with Crippen molar-refractivity contribution in [3.05, 3.63) is 70.7 Å². The monoisotopic (exact) mass is 470 g/mol. The summed E-state index contributed by atoms with van der Waals surface area (Å²) < 4.78 is 21.3. The first-order valence-electron chi connectivity index (χ1n) is 9.62. The van der Waals surface area contributed by atoms with Gasteiger partial charge < -0.3 is 10.1 Å². The minimum Gasteiger partial charge on any atom is -0.383 e. The SMILES string of the molecule is COCCNC(=O)c1csc(CSc2nnc(-c3ccncc3)n2-c2ccccc2F)n1. The van der Waals surface area contributed by atoms with Crippen LogP contribution in [0.5, 0.6) is 0 Å². The van der Waals surface area contributed by atoms with Crippen LogP contribution in [-0.2, 0) is 10.5 Å². The van der Waals surface area contributed by atoms with E-state index < -0.39 is 0 Å². The van der Waals surface area contributed by atoms with Crippen LogP contribution >= 0.6 is 23.1 Å². The Labute approximate surface area is 191 Å². The van der Waals surface area contributed by atoms with Gasteiger partial charge in [-0.15, -0.1) is 21.5 Å². The van der Waals surface area contributed by atoms with Gasteiger partial charge in [0.25, 0.3) is 5.91 Å². The lowest BCUT2D eigenvalue weighted by Crippen LogP contribution is -2.27. The van der Waals surface area contributed by atoms with E-state index in [4.69, 9.17) is 4.74 Å². The van der Waals surface area contributed by atoms with Crippen LogP contribution in [0.3, 0.4) is 0 Å². The molecule has 0 fully saturated rings. The summed E-state index contributed by atoms with van der Waals surface area (Å²) in [6.45, 7) is 0.852. The molecular formula is C21H19FN6O2S2. The van der Waals surface area contributed by atoms with Gasteiger partial charge in [0.05, 0.1) is 18.0 Å². The van der Waals surface area contributed by atoms with Gasteiger partial charge in [-0.2, -0.15) is 0 Å². The van der Waals surface area contributed by atoms with Crippen molar-refractivity contribution >= 4 is 29.0 Å². The van der Waals surface area contributed by atoms with Crippen molar-refractivity contribution in [1.82, 2.24) is 30.0 Å². The zero-order valence-corrected chi connectivity index (χ0v) is 18.7. The van der Waals surface area contributed by atoms with Crippen LogP contribution in [0, 0.1) is 5.82 Å². The van der Waals surface area contributed by atoms with Crippen molar-refractivity contribution in [2.75, 3.05) is 20.3 Å². The van der Waals surface area contributed by atoms with Gasteiger partial charge in [-0.3, -0.25) is 14.3 Å². The first-order valence-corrected chi connectivity index (χ1v) is 11.5. The molecular weight excluding hydrogens is 451 g/mol. The topological polar surface area (TPSA) is 94.8 Å². The maximum atomic E-state index is 14.6. The minimum absolute atomic E-state index is 0.246. The number of halogens is 1. The number of rotatable bonds is 9. The second kappa shape index (κ2) is 10.4. The lowest BCUT2D eigenvalue weighted by atomic mass is 10.2. The van der Waals surface area contributed by atoms with Gasteiger partial charge in [-0.05, 0) is 24.3 Å². The molecule has 8 nitrogen and oxygen atoms in total. The summed E-state index contributed by atoms with van der Waals surface area (Å²) in [6.07, 6.45) is 3.30. The van der Waals surface area contributed by atoms with Crippen LogP contribution < -0.4 is 5.32 Å². The molecule has 0 saturated heterocycles. The van der Waals surface area contributed by atoms with Crippen LogP contribution in [0.4, 0.5) is 4.39 Å². The number of amides is 1. The zero-order valence-electron chi connectivity index (χ0n) is 17.1. The van der Waals surface area contributed by atoms with Crippen LogP contribution in [0.1, 0.15) is 15.5 Å². The molecule has 0 aliphatic carbocycles. The van der Waals surface area contributed by atoms with Crippen LogP contribution in [0.2, 0.25) is 0 Å². The number of thiazole rings is 1. The molecule has 1 N–H and O–H groups in total. The molecule has 11 heteroatoms. The maximum absolute atomic E-state index is 14.6. The number of pyridine rings is 1. The van der Waals surface area contributed by atoms with Crippen LogP contribution in [0.25, 0.3) is 17.1 Å². The van der Waals surface area contributed by atoms with E-state index in [0.29, 0.717) is 41.3 Å². The largest absolute Gasteiger partial charge is 0.383 e. The summed E-state index contributed by atoms with van der Waals surface area (Å²) in [5.41, 5.74) is 1.48. The second-order valence-electron chi connectivity index (χ2n) is 6.49. The van der Waals surface area contributed by atoms with E-state index in [2.05, 4.69) is 25.5 Å². The van der Waals surface area contributed by atoms with Gasteiger partial charge in [0.15, 0.2) is 11.0 Å². The number of methoxy groups -OCH3 is 1. The number of ether oxygens (including phenoxy) is 1. The number of nitrogens with one attached hydrogen (secondary N) is 1. The predicted octanol–water partition coefficient (Wildman–Crippen LogP) is 3.59. The third-order valence-corrected chi connectivity index (χ3v) is 6.34. The molecule has 0 saturated carbocycles. The molecule has 4 rings (SSSR count). The molecule has 0 aliphatic heterocycles. The Balaban J connectivity index is 1.57. The Bertz CT molecular complexity index is 1200. The number of para-hydroxylation sites is 1. The molecule has 32 heavy (non-hydrogen) atoms. The van der Waals surface area contributed by atoms with Crippen molar-refractivity contribution in [1.29, 1.82) is 0 Å². The molecule has 0 unspecified atom stereocenters. The zero-order chi connectivity index (χ0) is 22.3. The lowest BCUT2D eigenvalue weighted by molar-refractivity contribution is 0.0932. The Morgan fingerprint density at radius 2 is 2.03 bits per heavy atom. The van der Waals surface area contributed by atoms with Crippen LogP contribution in [0.15, 0.2) is 59.3 Å². The molecule has 0 radical (unpaired) electrons. The average molecular weight is 471 g/mol. The number of thioether (sulfide) groups is 1. The second-order valence-corrected chi connectivity index (χ2v) is 8.38. The molecule has 3 heterocycles. The number of aromatic nitrogens is 5. The Kier molecular flexibility index (Phi) is 7.20. The molecule has 164 valence electrons. The molecule has 0 spiro atoms. The summed E-state index contributed by atoms with van der Waals surface area (Å²) in [5, 5.41) is 14.3. The summed E-state index contributed by atoms with van der Waals surface area (Å²) in [7, 11) is 1.57. The minimum atomic E-state index is -0.381. The van der Waals surface area contributed by atoms with Crippen molar-refractivity contribution in [2.24, 2.45) is 0 Å². The van der Waals surface area contributed by atoms with Gasteiger partial charge in [-0.25, -0.2) is 9.37 Å². The quantitative estimate of drug-likeness (QED) is 0.295. The van der Waals surface area contributed by atoms with E-state index in [0.717, 1.165) is 10.6 Å². The summed E-state index contributed by atoms with van der Waals surface area (Å²) in [5.74, 6) is 0.342. The highest BCUT2D eigenvalue weighted by molar-refractivity contribution is 7.98. The van der Waals surface area contributed by atoms with Gasteiger partial charge in [0.2, 0.25) is 0 Å². The fraction of sp³-hybridized carbons (Fsp3) is 0.190. The number of benzene rings is 1. The van der Waals surface area contributed by atoms with E-state index in [1.807, 2.05) is 0 Å². The number of hydrogen-bond acceptors (Lipinski definition) is 8. The Hall–Kier alpha value is -3.15. The normalized spacial score (nSPS) is 10.9. The lowest BCUT2D eigenvalue weighted by Gasteiger charge is -2.10. The standard InChI is InChI=1S/C21H19FN6O2S2/c1-30-11-10-24-20(29)16-12-31-18(25-16)13-32-21-27-26-19(14-6-8-23-9-7-14)28(21)17-5-3-2-4-15(17)22/h2-9,12H,10-11,13H2,1H3,(H,24,29). The summed E-state index contributed by atoms with van der Waals surface area (Å²) in [6, 6.07) is 10.1. The highest BCUT2D eigenvalue weighted by Gasteiger charge is 2.19. The first-order chi connectivity index (χ1) is 15.7. The molecule has 1 aromatic carbocycles. The molecule has 1 amide bonds. The maximum Gasteiger partial charge on any atom is 0.270 e. The van der Waals surface area contributed by atoms with Gasteiger partial charge in [0, 0.05) is 37.0 Å². The number of carbonyl (C=O) groups is 1. The fourth-order valence-electron chi connectivity index (χ4n) is 2.87. The highest BCUT2D eigenvalue weighted by Crippen LogP contribution is 2.31. The van der Waals surface area contributed by atoms with Crippen molar-refractivity contribution in [2.45, 2.75) is 10.9 Å². The highest BCUT2D eigenvalue weighted by atomic mass is 32.2. The molecule has 0 atom stereocenters. The molecule has 4 aromatic rings. The van der Waals surface area contributed by atoms with Gasteiger partial charge in [0.1, 0.15) is 16.5 Å². The van der Waals surface area contributed by atoms with Crippen molar-refractivity contribution in [3.63, 3.8) is 0 Å². The molecule has 0 aliphatic rings. The number of hydrogen-bond donors (Lipinski definition) is 1. The van der Waals surface area contributed by atoms with Crippen molar-refractivity contribution < 1.29 is 13.9 Å². The fourth-order valence-corrected chi connectivity index (χ4v) is 4.60. The third kappa shape index (κ3) is 5.01. The van der Waals surface area contributed by atoms with E-state index in [9.17, 15) is 9.18 Å². The van der Waals surface area contributed by atoms with Crippen molar-refractivity contribution in [3.8, 4) is 17.1 Å². The van der Waals surface area contributed by atoms with Gasteiger partial charge >= 0.3 is 0 Å². The van der Waals surface area contributed by atoms with E-state index in [1.165, 1.54) is 29.2 Å². The predicted molar refractivity (Wildman–Crippen MR) is 120 cm³/mol. The third-order valence-electron chi connectivity index (χ3n) is 4.37. The van der Waals surface area contributed by atoms with E-state index in [1.54, 1.807) is 59.8 Å². The van der Waals surface area contributed by atoms with Gasteiger partial charge in [-0.1, -0.05) is 23.9 Å². The number of nitrogens with zero attached hydrogens (tertiary/aromatic N) is 5. The average Bonchev–Trinajstić information content (AvgIpc) is 3.46. The summed E-state index contributed by atoms with van der Waals surface area (Å²) in [4.78, 5) is 20.6. The molecule has 0 bridgehead atoms. The van der Waals surface area contributed by atoms with Crippen LogP contribution in [-0.4, -0.2) is 50.9 Å². The van der Waals surface area contributed by atoms with E-state index in [-0.39, 0.29) is 11.7 Å².